The first kappa shape index (κ1) is 18.0. The fraction of sp³-hybridized carbons (Fsp3) is 0.0556. The smallest absolute Gasteiger partial charge is 0.354 e. The number of hydrogen-bond donors (Lipinski definition) is 2. The van der Waals surface area contributed by atoms with Gasteiger partial charge in [-0.3, -0.25) is 10.1 Å². The maximum absolute atomic E-state index is 12.3. The zero-order valence-corrected chi connectivity index (χ0v) is 14.8. The van der Waals surface area contributed by atoms with Gasteiger partial charge in [-0.1, -0.05) is 17.4 Å². The molecular weight excluding hydrogens is 368 g/mol. The van der Waals surface area contributed by atoms with Gasteiger partial charge >= 0.3 is 5.97 Å². The Balaban J connectivity index is 1.86. The molecule has 3 rings (SSSR count). The topological polar surface area (TPSA) is 125 Å². The summed E-state index contributed by atoms with van der Waals surface area (Å²) in [6, 6.07) is 13.2. The molecular formula is C18H12N4O4S. The Morgan fingerprint density at radius 2 is 1.85 bits per heavy atom. The molecule has 134 valence electrons. The minimum atomic E-state index is -1.23. The van der Waals surface area contributed by atoms with Crippen LogP contribution in [0.5, 0.6) is 5.75 Å². The van der Waals surface area contributed by atoms with E-state index in [1.165, 1.54) is 18.2 Å². The van der Waals surface area contributed by atoms with Gasteiger partial charge in [-0.05, 0) is 36.4 Å². The molecule has 1 aromatic carbocycles. The van der Waals surface area contributed by atoms with Crippen LogP contribution in [0.15, 0.2) is 42.5 Å². The van der Waals surface area contributed by atoms with Gasteiger partial charge in [-0.25, -0.2) is 14.8 Å². The van der Waals surface area contributed by atoms with Crippen LogP contribution < -0.4 is 10.1 Å². The molecule has 0 aliphatic heterocycles. The van der Waals surface area contributed by atoms with Gasteiger partial charge in [0.2, 0.25) is 0 Å². The number of nitrogens with one attached hydrogen (secondary N) is 1. The highest BCUT2D eigenvalue weighted by molar-refractivity contribution is 7.16. The van der Waals surface area contributed by atoms with Crippen molar-refractivity contribution in [2.75, 3.05) is 12.4 Å². The number of benzene rings is 1. The Morgan fingerprint density at radius 1 is 1.15 bits per heavy atom. The molecule has 0 unspecified atom stereocenters. The number of nitrogens with zero attached hydrogens (tertiary/aromatic N) is 3. The summed E-state index contributed by atoms with van der Waals surface area (Å²) >= 11 is 1.02. The number of carboxylic acid groups (broad SMARTS) is 1. The number of carbonyl (C=O) groups excluding carboxylic acids is 1. The van der Waals surface area contributed by atoms with Crippen LogP contribution in [0.25, 0.3) is 11.3 Å². The quantitative estimate of drug-likeness (QED) is 0.697. The number of aromatic carboxylic acids is 1. The van der Waals surface area contributed by atoms with Crippen molar-refractivity contribution in [2.45, 2.75) is 0 Å². The van der Waals surface area contributed by atoms with Gasteiger partial charge in [-0.2, -0.15) is 5.26 Å². The lowest BCUT2D eigenvalue weighted by Gasteiger charge is -2.02. The van der Waals surface area contributed by atoms with Gasteiger partial charge in [0, 0.05) is 5.56 Å². The molecule has 0 bridgehead atoms. The molecule has 3 aromatic rings. The van der Waals surface area contributed by atoms with E-state index in [9.17, 15) is 14.9 Å². The molecule has 0 aliphatic rings. The normalized spacial score (nSPS) is 10.1. The Kier molecular flexibility index (Phi) is 5.10. The zero-order chi connectivity index (χ0) is 19.4. The summed E-state index contributed by atoms with van der Waals surface area (Å²) in [5, 5.41) is 21.1. The van der Waals surface area contributed by atoms with Crippen molar-refractivity contribution in [3.8, 4) is 23.1 Å². The van der Waals surface area contributed by atoms with Crippen molar-refractivity contribution in [1.29, 1.82) is 5.26 Å². The first-order chi connectivity index (χ1) is 13.0. The lowest BCUT2D eigenvalue weighted by Crippen LogP contribution is -2.15. The van der Waals surface area contributed by atoms with E-state index >= 15 is 0 Å². The standard InChI is InChI=1S/C18H12N4O4S/c1-26-11-7-5-10(6-8-11)15-14(9-19)27-18(21-15)22-16(23)12-3-2-4-13(20-12)17(24)25/h2-8H,1H3,(H,24,25)(H,21,22,23). The fourth-order valence-electron chi connectivity index (χ4n) is 2.24. The number of pyridine rings is 1. The summed E-state index contributed by atoms with van der Waals surface area (Å²) in [5.74, 6) is -1.17. The number of hydrogen-bond acceptors (Lipinski definition) is 7. The van der Waals surface area contributed by atoms with Gasteiger partial charge in [0.25, 0.3) is 5.91 Å². The molecule has 0 saturated heterocycles. The van der Waals surface area contributed by atoms with E-state index in [1.807, 2.05) is 0 Å². The van der Waals surface area contributed by atoms with Gasteiger partial charge in [0.1, 0.15) is 33.8 Å². The highest BCUT2D eigenvalue weighted by Gasteiger charge is 2.17. The van der Waals surface area contributed by atoms with Crippen LogP contribution in [0.2, 0.25) is 0 Å². The minimum absolute atomic E-state index is 0.0606. The highest BCUT2D eigenvalue weighted by Crippen LogP contribution is 2.31. The molecule has 0 atom stereocenters. The first-order valence-corrected chi connectivity index (χ1v) is 8.40. The number of amides is 1. The van der Waals surface area contributed by atoms with E-state index in [-0.39, 0.29) is 16.5 Å². The van der Waals surface area contributed by atoms with Crippen LogP contribution in [0, 0.1) is 11.3 Å². The Labute approximate surface area is 157 Å². The Bertz CT molecular complexity index is 1050. The summed E-state index contributed by atoms with van der Waals surface area (Å²) < 4.78 is 5.11. The first-order valence-electron chi connectivity index (χ1n) is 7.59. The highest BCUT2D eigenvalue weighted by atomic mass is 32.1. The molecule has 2 heterocycles. The summed E-state index contributed by atoms with van der Waals surface area (Å²) in [6.45, 7) is 0. The van der Waals surface area contributed by atoms with E-state index in [2.05, 4.69) is 21.4 Å². The van der Waals surface area contributed by atoms with E-state index in [0.717, 1.165) is 11.3 Å². The molecule has 9 heteroatoms. The maximum atomic E-state index is 12.3. The fourth-order valence-corrected chi connectivity index (χ4v) is 3.02. The van der Waals surface area contributed by atoms with E-state index in [1.54, 1.807) is 31.4 Å². The van der Waals surface area contributed by atoms with Crippen LogP contribution in [0.1, 0.15) is 25.9 Å². The number of anilines is 1. The molecule has 2 aromatic heterocycles. The number of methoxy groups -OCH3 is 1. The predicted octanol–water partition coefficient (Wildman–Crippen LogP) is 3.04. The van der Waals surface area contributed by atoms with Crippen molar-refractivity contribution in [3.05, 3.63) is 58.7 Å². The third-order valence-electron chi connectivity index (χ3n) is 3.51. The molecule has 2 N–H and O–H groups in total. The van der Waals surface area contributed by atoms with E-state index in [0.29, 0.717) is 21.9 Å². The Hall–Kier alpha value is -3.77. The third kappa shape index (κ3) is 3.91. The third-order valence-corrected chi connectivity index (χ3v) is 4.39. The summed E-state index contributed by atoms with van der Waals surface area (Å²) in [6.07, 6.45) is 0. The van der Waals surface area contributed by atoms with Crippen molar-refractivity contribution in [2.24, 2.45) is 0 Å². The van der Waals surface area contributed by atoms with Gasteiger partial charge in [0.05, 0.1) is 7.11 Å². The minimum Gasteiger partial charge on any atom is -0.497 e. The van der Waals surface area contributed by atoms with Crippen molar-refractivity contribution < 1.29 is 19.4 Å². The predicted molar refractivity (Wildman–Crippen MR) is 98.0 cm³/mol. The zero-order valence-electron chi connectivity index (χ0n) is 14.0. The maximum Gasteiger partial charge on any atom is 0.354 e. The van der Waals surface area contributed by atoms with Crippen LogP contribution in [0.3, 0.4) is 0 Å². The van der Waals surface area contributed by atoms with Crippen LogP contribution in [-0.4, -0.2) is 34.1 Å². The number of nitriles is 1. The van der Waals surface area contributed by atoms with Crippen molar-refractivity contribution in [3.63, 3.8) is 0 Å². The van der Waals surface area contributed by atoms with Crippen LogP contribution >= 0.6 is 11.3 Å². The summed E-state index contributed by atoms with van der Waals surface area (Å²) in [4.78, 5) is 31.7. The average molecular weight is 380 g/mol. The van der Waals surface area contributed by atoms with Gasteiger partial charge < -0.3 is 9.84 Å². The molecule has 0 fully saturated rings. The molecule has 0 spiro atoms. The molecule has 0 saturated carbocycles. The van der Waals surface area contributed by atoms with Gasteiger partial charge in [-0.15, -0.1) is 0 Å². The SMILES string of the molecule is COc1ccc(-c2nc(NC(=O)c3cccc(C(=O)O)n3)sc2C#N)cc1. The van der Waals surface area contributed by atoms with E-state index < -0.39 is 11.9 Å². The summed E-state index contributed by atoms with van der Waals surface area (Å²) in [7, 11) is 1.56. The second-order valence-electron chi connectivity index (χ2n) is 5.20. The van der Waals surface area contributed by atoms with Crippen LogP contribution in [0.4, 0.5) is 5.13 Å². The monoisotopic (exact) mass is 380 g/mol. The number of aromatic nitrogens is 2. The largest absolute Gasteiger partial charge is 0.497 e. The molecule has 0 aliphatic carbocycles. The number of thiazole rings is 1. The molecule has 27 heavy (non-hydrogen) atoms. The van der Waals surface area contributed by atoms with E-state index in [4.69, 9.17) is 9.84 Å². The molecule has 1 amide bonds. The number of ether oxygens (including phenoxy) is 1. The summed E-state index contributed by atoms with van der Waals surface area (Å²) in [5.41, 5.74) is 0.843. The second-order valence-corrected chi connectivity index (χ2v) is 6.20. The van der Waals surface area contributed by atoms with Crippen LogP contribution in [-0.2, 0) is 0 Å². The number of rotatable bonds is 5. The van der Waals surface area contributed by atoms with Crippen molar-refractivity contribution >= 4 is 28.3 Å². The molecule has 8 nitrogen and oxygen atoms in total. The lowest BCUT2D eigenvalue weighted by atomic mass is 10.1. The molecule has 0 radical (unpaired) electrons. The van der Waals surface area contributed by atoms with Crippen molar-refractivity contribution in [1.82, 2.24) is 9.97 Å². The average Bonchev–Trinajstić information content (AvgIpc) is 3.10. The number of carbonyl (C=O) groups is 2. The Morgan fingerprint density at radius 3 is 2.48 bits per heavy atom. The van der Waals surface area contributed by atoms with Gasteiger partial charge in [0.15, 0.2) is 5.13 Å². The number of carboxylic acids is 1. The lowest BCUT2D eigenvalue weighted by molar-refractivity contribution is 0.0690. The second kappa shape index (κ2) is 7.63.